The van der Waals surface area contributed by atoms with Crippen molar-refractivity contribution in [3.8, 4) is 5.69 Å². The minimum atomic E-state index is 0.854. The van der Waals surface area contributed by atoms with Gasteiger partial charge in [0.25, 0.3) is 0 Å². The average molecular weight is 424 g/mol. The lowest BCUT2D eigenvalue weighted by Gasteiger charge is -2.09. The van der Waals surface area contributed by atoms with Crippen LogP contribution in [-0.4, -0.2) is 4.57 Å². The Morgan fingerprint density at radius 1 is 0.545 bits per heavy atom. The minimum absolute atomic E-state index is 0.854. The Kier molecular flexibility index (Phi) is 3.94. The maximum absolute atomic E-state index is 6.11. The molecule has 0 aliphatic carbocycles. The van der Waals surface area contributed by atoms with Gasteiger partial charge in [0.15, 0.2) is 0 Å². The first-order chi connectivity index (χ1) is 16.4. The van der Waals surface area contributed by atoms with Crippen LogP contribution < -0.4 is 0 Å². The second-order valence-corrected chi connectivity index (χ2v) is 8.60. The van der Waals surface area contributed by atoms with Crippen molar-refractivity contribution in [3.63, 3.8) is 0 Å². The average Bonchev–Trinajstić information content (AvgIpc) is 3.40. The van der Waals surface area contributed by atoms with Gasteiger partial charge in [0.1, 0.15) is 11.2 Å². The molecular weight excluding hydrogens is 402 g/mol. The number of hydrogen-bond acceptors (Lipinski definition) is 1. The molecule has 2 heterocycles. The summed E-state index contributed by atoms with van der Waals surface area (Å²) >= 11 is 0. The van der Waals surface area contributed by atoms with E-state index in [2.05, 4.69) is 108 Å². The van der Waals surface area contributed by atoms with Gasteiger partial charge in [-0.1, -0.05) is 78.9 Å². The van der Waals surface area contributed by atoms with Crippen LogP contribution in [0, 0.1) is 0 Å². The molecule has 2 nitrogen and oxygen atoms in total. The zero-order valence-electron chi connectivity index (χ0n) is 18.0. The molecule has 0 amide bonds. The zero-order valence-corrected chi connectivity index (χ0v) is 18.0. The monoisotopic (exact) mass is 423 g/mol. The first-order valence-corrected chi connectivity index (χ1v) is 11.3. The van der Waals surface area contributed by atoms with E-state index in [9.17, 15) is 0 Å². The Balaban J connectivity index is 1.44. The Morgan fingerprint density at radius 3 is 2.18 bits per heavy atom. The highest BCUT2D eigenvalue weighted by molar-refractivity contribution is 6.10. The van der Waals surface area contributed by atoms with Gasteiger partial charge in [-0.05, 0) is 53.9 Å². The third kappa shape index (κ3) is 2.81. The third-order valence-corrected chi connectivity index (χ3v) is 6.64. The molecule has 33 heavy (non-hydrogen) atoms. The lowest BCUT2D eigenvalue weighted by atomic mass is 9.98. The van der Waals surface area contributed by atoms with Gasteiger partial charge in [0, 0.05) is 27.2 Å². The summed E-state index contributed by atoms with van der Waals surface area (Å²) in [5.74, 6) is 0. The molecule has 0 atom stereocenters. The second kappa shape index (κ2) is 7.11. The van der Waals surface area contributed by atoms with Crippen LogP contribution in [0.25, 0.3) is 49.4 Å². The number of hydrogen-bond donors (Lipinski definition) is 0. The van der Waals surface area contributed by atoms with Crippen LogP contribution in [0.1, 0.15) is 11.1 Å². The molecule has 0 bridgehead atoms. The lowest BCUT2D eigenvalue weighted by Crippen LogP contribution is -1.94. The summed E-state index contributed by atoms with van der Waals surface area (Å²) < 4.78 is 8.49. The van der Waals surface area contributed by atoms with Gasteiger partial charge in [-0.15, -0.1) is 0 Å². The number of para-hydroxylation sites is 3. The predicted octanol–water partition coefficient (Wildman–Crippen LogP) is 8.27. The first kappa shape index (κ1) is 18.3. The van der Waals surface area contributed by atoms with E-state index in [-0.39, 0.29) is 0 Å². The van der Waals surface area contributed by atoms with E-state index in [0.29, 0.717) is 0 Å². The Hall–Kier alpha value is -4.30. The van der Waals surface area contributed by atoms with Crippen LogP contribution in [0.3, 0.4) is 0 Å². The summed E-state index contributed by atoms with van der Waals surface area (Å²) in [4.78, 5) is 0. The molecule has 0 fully saturated rings. The Labute approximate surface area is 191 Å². The molecule has 0 N–H and O–H groups in total. The molecule has 0 aliphatic heterocycles. The van der Waals surface area contributed by atoms with Gasteiger partial charge in [-0.2, -0.15) is 0 Å². The van der Waals surface area contributed by atoms with E-state index in [4.69, 9.17) is 4.42 Å². The third-order valence-electron chi connectivity index (χ3n) is 6.64. The fourth-order valence-corrected chi connectivity index (χ4v) is 5.20. The quantitative estimate of drug-likeness (QED) is 0.280. The standard InChI is InChI=1S/C31H21NO/c1-2-10-23(11-3-1)32-27-14-6-4-12-24(27)25-18-17-21(20-28(25)32)19-22-9-8-16-30-31(22)26-13-5-7-15-29(26)33-30/h1-18,20H,19H2. The van der Waals surface area contributed by atoms with Gasteiger partial charge < -0.3 is 8.98 Å². The molecule has 0 unspecified atom stereocenters. The molecule has 0 radical (unpaired) electrons. The molecule has 7 aromatic rings. The van der Waals surface area contributed by atoms with Crippen LogP contribution in [-0.2, 0) is 6.42 Å². The molecule has 2 aromatic heterocycles. The summed E-state index contributed by atoms with van der Waals surface area (Å²) in [6.07, 6.45) is 0.854. The second-order valence-electron chi connectivity index (χ2n) is 8.60. The topological polar surface area (TPSA) is 18.1 Å². The number of nitrogens with zero attached hydrogens (tertiary/aromatic N) is 1. The maximum Gasteiger partial charge on any atom is 0.135 e. The molecular formula is C31H21NO. The van der Waals surface area contributed by atoms with E-state index in [1.54, 1.807) is 0 Å². The first-order valence-electron chi connectivity index (χ1n) is 11.3. The molecule has 0 aliphatic rings. The summed E-state index contributed by atoms with van der Waals surface area (Å²) in [7, 11) is 0. The number of rotatable bonds is 3. The van der Waals surface area contributed by atoms with E-state index in [1.807, 2.05) is 12.1 Å². The number of benzene rings is 5. The zero-order chi connectivity index (χ0) is 21.8. The van der Waals surface area contributed by atoms with Crippen molar-refractivity contribution in [1.82, 2.24) is 4.57 Å². The fraction of sp³-hybridized carbons (Fsp3) is 0.0323. The normalized spacial score (nSPS) is 11.8. The number of aromatic nitrogens is 1. The summed E-state index contributed by atoms with van der Waals surface area (Å²) in [5, 5.41) is 4.97. The molecule has 156 valence electrons. The number of furan rings is 1. The molecule has 0 spiro atoms. The minimum Gasteiger partial charge on any atom is -0.456 e. The highest BCUT2D eigenvalue weighted by Crippen LogP contribution is 2.35. The van der Waals surface area contributed by atoms with Crippen LogP contribution in [0.4, 0.5) is 0 Å². The molecule has 0 saturated carbocycles. The van der Waals surface area contributed by atoms with Gasteiger partial charge in [-0.3, -0.25) is 0 Å². The highest BCUT2D eigenvalue weighted by atomic mass is 16.3. The Bertz CT molecular complexity index is 1790. The van der Waals surface area contributed by atoms with Gasteiger partial charge >= 0.3 is 0 Å². The van der Waals surface area contributed by atoms with E-state index < -0.39 is 0 Å². The Morgan fingerprint density at radius 2 is 1.27 bits per heavy atom. The molecule has 7 rings (SSSR count). The van der Waals surface area contributed by atoms with E-state index >= 15 is 0 Å². The molecule has 0 saturated heterocycles. The van der Waals surface area contributed by atoms with Crippen LogP contribution in [0.2, 0.25) is 0 Å². The van der Waals surface area contributed by atoms with Gasteiger partial charge in [0.05, 0.1) is 11.0 Å². The van der Waals surface area contributed by atoms with Crippen LogP contribution >= 0.6 is 0 Å². The van der Waals surface area contributed by atoms with Crippen molar-refractivity contribution in [2.45, 2.75) is 6.42 Å². The maximum atomic E-state index is 6.11. The summed E-state index contributed by atoms with van der Waals surface area (Å²) in [6.45, 7) is 0. The van der Waals surface area contributed by atoms with Crippen molar-refractivity contribution in [2.24, 2.45) is 0 Å². The predicted molar refractivity (Wildman–Crippen MR) is 137 cm³/mol. The SMILES string of the molecule is c1ccc(-n2c3ccccc3c3ccc(Cc4cccc5oc6ccccc6c45)cc32)cc1. The lowest BCUT2D eigenvalue weighted by molar-refractivity contribution is 0.668. The number of fused-ring (bicyclic) bond motifs is 6. The van der Waals surface area contributed by atoms with Crippen molar-refractivity contribution < 1.29 is 4.42 Å². The summed E-state index contributed by atoms with van der Waals surface area (Å²) in [5.41, 5.74) is 8.14. The van der Waals surface area contributed by atoms with E-state index in [1.165, 1.54) is 49.4 Å². The van der Waals surface area contributed by atoms with Crippen LogP contribution in [0.15, 0.2) is 120 Å². The largest absolute Gasteiger partial charge is 0.456 e. The van der Waals surface area contributed by atoms with Crippen molar-refractivity contribution in [1.29, 1.82) is 0 Å². The fourth-order valence-electron chi connectivity index (χ4n) is 5.20. The van der Waals surface area contributed by atoms with Crippen molar-refractivity contribution in [2.75, 3.05) is 0 Å². The summed E-state index contributed by atoms with van der Waals surface area (Å²) in [6, 6.07) is 40.9. The highest BCUT2D eigenvalue weighted by Gasteiger charge is 2.14. The van der Waals surface area contributed by atoms with Gasteiger partial charge in [-0.25, -0.2) is 0 Å². The van der Waals surface area contributed by atoms with Crippen molar-refractivity contribution in [3.05, 3.63) is 126 Å². The van der Waals surface area contributed by atoms with Crippen molar-refractivity contribution >= 4 is 43.7 Å². The molecule has 5 aromatic carbocycles. The van der Waals surface area contributed by atoms with E-state index in [0.717, 1.165) is 17.6 Å². The smallest absolute Gasteiger partial charge is 0.135 e. The molecule has 2 heteroatoms. The van der Waals surface area contributed by atoms with Gasteiger partial charge in [0.2, 0.25) is 0 Å². The van der Waals surface area contributed by atoms with Crippen LogP contribution in [0.5, 0.6) is 0 Å².